The number of aryl methyl sites for hydroxylation is 1. The molecule has 0 unspecified atom stereocenters. The number of carbonyl (C=O) groups excluding carboxylic acids is 3. The molecule has 0 aromatic heterocycles. The molecule has 2 aromatic rings. The minimum Gasteiger partial charge on any atom is -0.457 e. The summed E-state index contributed by atoms with van der Waals surface area (Å²) in [6.45, 7) is 1.99. The van der Waals surface area contributed by atoms with E-state index < -0.39 is 17.8 Å². The van der Waals surface area contributed by atoms with Crippen molar-refractivity contribution in [2.75, 3.05) is 11.9 Å². The number of urea groups is 1. The van der Waals surface area contributed by atoms with Gasteiger partial charge in [-0.15, -0.1) is 0 Å². The second kappa shape index (κ2) is 5.57. The molecular weight excluding hydrogens is 296 g/mol. The standard InChI is InChI=1S/C17H14N2O4/c1-11-3-7-13(8-4-11)23-14-9-5-12(6-10-14)19-16(21)15(20)18(2)17(19)22/h3-10H,1-2H3. The van der Waals surface area contributed by atoms with E-state index >= 15 is 0 Å². The number of benzene rings is 2. The third-order valence-corrected chi connectivity index (χ3v) is 3.52. The first-order chi connectivity index (χ1) is 11.0. The SMILES string of the molecule is Cc1ccc(Oc2ccc(N3C(=O)C(=O)N(C)C3=O)cc2)cc1. The van der Waals surface area contributed by atoms with Gasteiger partial charge in [0.1, 0.15) is 11.5 Å². The fraction of sp³-hybridized carbons (Fsp3) is 0.118. The minimum absolute atomic E-state index is 0.328. The summed E-state index contributed by atoms with van der Waals surface area (Å²) in [7, 11) is 1.28. The Hall–Kier alpha value is -3.15. The molecule has 1 fully saturated rings. The Labute approximate surface area is 132 Å². The van der Waals surface area contributed by atoms with Gasteiger partial charge in [-0.3, -0.25) is 14.5 Å². The lowest BCUT2D eigenvalue weighted by Crippen LogP contribution is -2.31. The average molecular weight is 310 g/mol. The minimum atomic E-state index is -0.857. The summed E-state index contributed by atoms with van der Waals surface area (Å²) in [5.41, 5.74) is 1.46. The number of imide groups is 2. The lowest BCUT2D eigenvalue weighted by atomic mass is 10.2. The molecule has 6 heteroatoms. The normalized spacial score (nSPS) is 14.6. The number of ether oxygens (including phenoxy) is 1. The molecule has 0 spiro atoms. The molecule has 2 aromatic carbocycles. The van der Waals surface area contributed by atoms with Gasteiger partial charge in [0.2, 0.25) is 0 Å². The number of hydrogen-bond acceptors (Lipinski definition) is 4. The maximum atomic E-state index is 11.9. The summed E-state index contributed by atoms with van der Waals surface area (Å²) < 4.78 is 5.68. The van der Waals surface area contributed by atoms with E-state index in [2.05, 4.69) is 0 Å². The quantitative estimate of drug-likeness (QED) is 0.646. The fourth-order valence-corrected chi connectivity index (χ4v) is 2.20. The molecule has 0 radical (unpaired) electrons. The van der Waals surface area contributed by atoms with E-state index in [0.29, 0.717) is 17.2 Å². The van der Waals surface area contributed by atoms with E-state index in [1.165, 1.54) is 7.05 Å². The molecule has 23 heavy (non-hydrogen) atoms. The van der Waals surface area contributed by atoms with Crippen LogP contribution in [-0.4, -0.2) is 29.8 Å². The average Bonchev–Trinajstić information content (AvgIpc) is 2.74. The van der Waals surface area contributed by atoms with Gasteiger partial charge in [-0.05, 0) is 43.3 Å². The van der Waals surface area contributed by atoms with Crippen LogP contribution in [0.25, 0.3) is 0 Å². The van der Waals surface area contributed by atoms with Gasteiger partial charge >= 0.3 is 17.8 Å². The molecule has 4 amide bonds. The van der Waals surface area contributed by atoms with E-state index in [-0.39, 0.29) is 0 Å². The van der Waals surface area contributed by atoms with Crippen LogP contribution in [-0.2, 0) is 9.59 Å². The highest BCUT2D eigenvalue weighted by Crippen LogP contribution is 2.27. The van der Waals surface area contributed by atoms with Crippen molar-refractivity contribution in [3.05, 3.63) is 54.1 Å². The zero-order valence-electron chi connectivity index (χ0n) is 12.6. The largest absolute Gasteiger partial charge is 0.457 e. The van der Waals surface area contributed by atoms with Crippen LogP contribution in [0, 0.1) is 6.92 Å². The second-order valence-corrected chi connectivity index (χ2v) is 5.20. The summed E-state index contributed by atoms with van der Waals surface area (Å²) >= 11 is 0. The topological polar surface area (TPSA) is 66.9 Å². The van der Waals surface area contributed by atoms with Crippen LogP contribution in [0.4, 0.5) is 10.5 Å². The maximum absolute atomic E-state index is 11.9. The summed E-state index contributed by atoms with van der Waals surface area (Å²) in [5.74, 6) is -0.442. The molecule has 1 aliphatic heterocycles. The van der Waals surface area contributed by atoms with Gasteiger partial charge in [-0.2, -0.15) is 0 Å². The molecule has 0 N–H and O–H groups in total. The first-order valence-electron chi connectivity index (χ1n) is 6.98. The predicted octanol–water partition coefficient (Wildman–Crippen LogP) is 2.71. The molecule has 1 aliphatic rings. The Kier molecular flexibility index (Phi) is 3.57. The molecule has 0 saturated carbocycles. The van der Waals surface area contributed by atoms with Crippen molar-refractivity contribution in [1.29, 1.82) is 0 Å². The molecule has 3 rings (SSSR count). The highest BCUT2D eigenvalue weighted by atomic mass is 16.5. The maximum Gasteiger partial charge on any atom is 0.338 e. The van der Waals surface area contributed by atoms with Crippen LogP contribution in [0.15, 0.2) is 48.5 Å². The van der Waals surface area contributed by atoms with Crippen molar-refractivity contribution >= 4 is 23.5 Å². The van der Waals surface area contributed by atoms with Gasteiger partial charge in [-0.25, -0.2) is 9.69 Å². The smallest absolute Gasteiger partial charge is 0.338 e. The Balaban J connectivity index is 1.80. The third kappa shape index (κ3) is 2.66. The molecule has 0 atom stereocenters. The summed E-state index contributed by atoms with van der Waals surface area (Å²) in [4.78, 5) is 36.9. The number of anilines is 1. The van der Waals surface area contributed by atoms with E-state index in [1.54, 1.807) is 24.3 Å². The van der Waals surface area contributed by atoms with Crippen molar-refractivity contribution in [1.82, 2.24) is 4.90 Å². The highest BCUT2D eigenvalue weighted by Gasteiger charge is 2.43. The summed E-state index contributed by atoms with van der Waals surface area (Å²) in [6.07, 6.45) is 0. The van der Waals surface area contributed by atoms with E-state index in [4.69, 9.17) is 4.74 Å². The second-order valence-electron chi connectivity index (χ2n) is 5.20. The van der Waals surface area contributed by atoms with Gasteiger partial charge in [-0.1, -0.05) is 17.7 Å². The Morgan fingerprint density at radius 3 is 1.78 bits per heavy atom. The number of carbonyl (C=O) groups is 3. The number of likely N-dealkylation sites (N-methyl/N-ethyl adjacent to an activating group) is 1. The summed E-state index contributed by atoms with van der Waals surface area (Å²) in [5, 5.41) is 0. The van der Waals surface area contributed by atoms with E-state index in [1.807, 2.05) is 31.2 Å². The highest BCUT2D eigenvalue weighted by molar-refractivity contribution is 6.52. The number of hydrogen-bond donors (Lipinski definition) is 0. The molecule has 116 valence electrons. The van der Waals surface area contributed by atoms with Gasteiger partial charge in [0, 0.05) is 7.05 Å². The number of rotatable bonds is 3. The van der Waals surface area contributed by atoms with Crippen LogP contribution in [0.5, 0.6) is 11.5 Å². The number of amides is 4. The molecular formula is C17H14N2O4. The summed E-state index contributed by atoms with van der Waals surface area (Å²) in [6, 6.07) is 13.3. The number of nitrogens with zero attached hydrogens (tertiary/aromatic N) is 2. The van der Waals surface area contributed by atoms with Gasteiger partial charge in [0.05, 0.1) is 5.69 Å². The van der Waals surface area contributed by atoms with Crippen molar-refractivity contribution in [2.24, 2.45) is 0 Å². The van der Waals surface area contributed by atoms with Crippen LogP contribution >= 0.6 is 0 Å². The van der Waals surface area contributed by atoms with Crippen molar-refractivity contribution in [2.45, 2.75) is 6.92 Å². The molecule has 6 nitrogen and oxygen atoms in total. The first kappa shape index (κ1) is 14.8. The van der Waals surface area contributed by atoms with Crippen molar-refractivity contribution in [3.8, 4) is 11.5 Å². The van der Waals surface area contributed by atoms with Crippen molar-refractivity contribution in [3.63, 3.8) is 0 Å². The molecule has 1 heterocycles. The molecule has 0 bridgehead atoms. The van der Waals surface area contributed by atoms with Crippen LogP contribution in [0.1, 0.15) is 5.56 Å². The van der Waals surface area contributed by atoms with Crippen LogP contribution < -0.4 is 9.64 Å². The Morgan fingerprint density at radius 1 is 0.783 bits per heavy atom. The zero-order chi connectivity index (χ0) is 16.6. The van der Waals surface area contributed by atoms with Crippen LogP contribution in [0.3, 0.4) is 0 Å². The van der Waals surface area contributed by atoms with E-state index in [9.17, 15) is 14.4 Å². The molecule has 0 aliphatic carbocycles. The third-order valence-electron chi connectivity index (χ3n) is 3.52. The lowest BCUT2D eigenvalue weighted by molar-refractivity contribution is -0.138. The monoisotopic (exact) mass is 310 g/mol. The lowest BCUT2D eigenvalue weighted by Gasteiger charge is -2.13. The first-order valence-corrected chi connectivity index (χ1v) is 6.98. The van der Waals surface area contributed by atoms with Crippen LogP contribution in [0.2, 0.25) is 0 Å². The Bertz CT molecular complexity index is 781. The molecule has 1 saturated heterocycles. The fourth-order valence-electron chi connectivity index (χ4n) is 2.20. The predicted molar refractivity (Wildman–Crippen MR) is 83.3 cm³/mol. The van der Waals surface area contributed by atoms with Gasteiger partial charge in [0.15, 0.2) is 0 Å². The Morgan fingerprint density at radius 2 is 1.30 bits per heavy atom. The van der Waals surface area contributed by atoms with Gasteiger partial charge < -0.3 is 4.74 Å². The van der Waals surface area contributed by atoms with Gasteiger partial charge in [0.25, 0.3) is 0 Å². The zero-order valence-corrected chi connectivity index (χ0v) is 12.6. The van der Waals surface area contributed by atoms with E-state index in [0.717, 1.165) is 15.4 Å². The van der Waals surface area contributed by atoms with Crippen molar-refractivity contribution < 1.29 is 19.1 Å².